The first-order chi connectivity index (χ1) is 9.11. The fraction of sp³-hybridized carbons (Fsp3) is 0.929. The lowest BCUT2D eigenvalue weighted by atomic mass is 9.97. The van der Waals surface area contributed by atoms with Crippen molar-refractivity contribution >= 4 is 5.91 Å². The van der Waals surface area contributed by atoms with Gasteiger partial charge in [0.15, 0.2) is 0 Å². The lowest BCUT2D eigenvalue weighted by Crippen LogP contribution is -2.41. The number of likely N-dealkylation sites (tertiary alicyclic amines) is 1. The number of carbonyl (C=O) groups excluding carboxylic acids is 1. The van der Waals surface area contributed by atoms with E-state index in [4.69, 9.17) is 0 Å². The van der Waals surface area contributed by atoms with Gasteiger partial charge in [-0.05, 0) is 53.0 Å². The molecule has 0 saturated carbocycles. The van der Waals surface area contributed by atoms with E-state index in [1.807, 2.05) is 7.05 Å². The lowest BCUT2D eigenvalue weighted by Gasteiger charge is -2.32. The lowest BCUT2D eigenvalue weighted by molar-refractivity contribution is -0.121. The Morgan fingerprint density at radius 1 is 1.32 bits per heavy atom. The molecule has 0 aromatic rings. The van der Waals surface area contributed by atoms with Gasteiger partial charge >= 0.3 is 0 Å². The van der Waals surface area contributed by atoms with Gasteiger partial charge in [0.25, 0.3) is 0 Å². The summed E-state index contributed by atoms with van der Waals surface area (Å²) in [6.07, 6.45) is 3.00. The summed E-state index contributed by atoms with van der Waals surface area (Å²) >= 11 is 0. The van der Waals surface area contributed by atoms with Gasteiger partial charge in [0.05, 0.1) is 0 Å². The molecule has 1 rings (SSSR count). The van der Waals surface area contributed by atoms with Gasteiger partial charge in [0.1, 0.15) is 0 Å². The number of likely N-dealkylation sites (N-methyl/N-ethyl adjacent to an activating group) is 1. The minimum absolute atomic E-state index is 0.171. The Morgan fingerprint density at radius 3 is 2.58 bits per heavy atom. The molecule has 0 unspecified atom stereocenters. The first kappa shape index (κ1) is 16.4. The molecule has 19 heavy (non-hydrogen) atoms. The predicted octanol–water partition coefficient (Wildman–Crippen LogP) is -0.0143. The molecule has 0 radical (unpaired) electrons. The van der Waals surface area contributed by atoms with Gasteiger partial charge in [-0.3, -0.25) is 4.79 Å². The van der Waals surface area contributed by atoms with Crippen molar-refractivity contribution in [1.29, 1.82) is 0 Å². The minimum atomic E-state index is 0.171. The fourth-order valence-corrected chi connectivity index (χ4v) is 2.34. The molecule has 1 heterocycles. The number of amides is 1. The molecule has 0 aliphatic carbocycles. The molecule has 0 aromatic carbocycles. The maximum absolute atomic E-state index is 11.5. The summed E-state index contributed by atoms with van der Waals surface area (Å²) in [4.78, 5) is 16.3. The molecule has 1 fully saturated rings. The van der Waals surface area contributed by atoms with Gasteiger partial charge in [-0.15, -0.1) is 0 Å². The van der Waals surface area contributed by atoms with Gasteiger partial charge in [0.2, 0.25) is 5.91 Å². The van der Waals surface area contributed by atoms with Crippen LogP contribution in [0.3, 0.4) is 0 Å². The zero-order chi connectivity index (χ0) is 14.1. The maximum atomic E-state index is 11.5. The normalized spacial score (nSPS) is 17.9. The third kappa shape index (κ3) is 7.50. The Balaban J connectivity index is 2.08. The Bertz CT molecular complexity index is 250. The van der Waals surface area contributed by atoms with Crippen LogP contribution >= 0.6 is 0 Å². The van der Waals surface area contributed by atoms with Gasteiger partial charge in [-0.25, -0.2) is 0 Å². The minimum Gasteiger partial charge on any atom is -0.356 e. The number of rotatable bonds is 8. The van der Waals surface area contributed by atoms with E-state index in [0.717, 1.165) is 26.2 Å². The second-order valence-electron chi connectivity index (χ2n) is 5.75. The van der Waals surface area contributed by atoms with Gasteiger partial charge in [-0.2, -0.15) is 0 Å². The summed E-state index contributed by atoms with van der Waals surface area (Å²) in [6.45, 7) is 6.24. The second-order valence-corrected chi connectivity index (χ2v) is 5.75. The van der Waals surface area contributed by atoms with Crippen molar-refractivity contribution in [3.63, 3.8) is 0 Å². The van der Waals surface area contributed by atoms with Gasteiger partial charge in [-0.1, -0.05) is 0 Å². The van der Waals surface area contributed by atoms with E-state index in [1.54, 1.807) is 0 Å². The summed E-state index contributed by atoms with van der Waals surface area (Å²) in [5, 5.41) is 6.04. The topological polar surface area (TPSA) is 47.6 Å². The SMILES string of the molecule is CNCCC(=O)NCC1CCN(CCN(C)C)CC1. The quantitative estimate of drug-likeness (QED) is 0.651. The van der Waals surface area contributed by atoms with E-state index < -0.39 is 0 Å². The van der Waals surface area contributed by atoms with E-state index in [2.05, 4.69) is 34.5 Å². The number of piperidine rings is 1. The van der Waals surface area contributed by atoms with Crippen LogP contribution in [0.4, 0.5) is 0 Å². The van der Waals surface area contributed by atoms with Crippen LogP contribution in [-0.4, -0.2) is 76.1 Å². The summed E-state index contributed by atoms with van der Waals surface area (Å²) in [6, 6.07) is 0. The Morgan fingerprint density at radius 2 is 2.00 bits per heavy atom. The van der Waals surface area contributed by atoms with Gasteiger partial charge < -0.3 is 20.4 Å². The van der Waals surface area contributed by atoms with Crippen molar-refractivity contribution in [2.24, 2.45) is 5.92 Å². The number of nitrogens with zero attached hydrogens (tertiary/aromatic N) is 2. The van der Waals surface area contributed by atoms with Crippen LogP contribution in [0.15, 0.2) is 0 Å². The Kier molecular flexibility index (Phi) is 8.02. The summed E-state index contributed by atoms with van der Waals surface area (Å²) < 4.78 is 0. The number of hydrogen-bond acceptors (Lipinski definition) is 4. The fourth-order valence-electron chi connectivity index (χ4n) is 2.34. The largest absolute Gasteiger partial charge is 0.356 e. The molecule has 0 bridgehead atoms. The molecular weight excluding hydrogens is 240 g/mol. The third-order valence-electron chi connectivity index (χ3n) is 3.76. The first-order valence-electron chi connectivity index (χ1n) is 7.40. The average Bonchev–Trinajstić information content (AvgIpc) is 2.41. The van der Waals surface area contributed by atoms with Crippen molar-refractivity contribution in [2.45, 2.75) is 19.3 Å². The van der Waals surface area contributed by atoms with Crippen molar-refractivity contribution in [3.8, 4) is 0 Å². The molecule has 1 aliphatic rings. The maximum Gasteiger partial charge on any atom is 0.221 e. The first-order valence-corrected chi connectivity index (χ1v) is 7.40. The molecule has 0 aromatic heterocycles. The Hall–Kier alpha value is -0.650. The van der Waals surface area contributed by atoms with Crippen LogP contribution in [0.5, 0.6) is 0 Å². The second kappa shape index (κ2) is 9.28. The molecule has 2 N–H and O–H groups in total. The van der Waals surface area contributed by atoms with Gasteiger partial charge in [0, 0.05) is 32.6 Å². The molecule has 0 atom stereocenters. The highest BCUT2D eigenvalue weighted by molar-refractivity contribution is 5.76. The molecule has 5 heteroatoms. The van der Waals surface area contributed by atoms with Crippen LogP contribution in [0, 0.1) is 5.92 Å². The molecule has 1 aliphatic heterocycles. The molecule has 112 valence electrons. The highest BCUT2D eigenvalue weighted by Gasteiger charge is 2.19. The van der Waals surface area contributed by atoms with Crippen LogP contribution in [-0.2, 0) is 4.79 Å². The van der Waals surface area contributed by atoms with Crippen molar-refractivity contribution < 1.29 is 4.79 Å². The Labute approximate surface area is 117 Å². The van der Waals surface area contributed by atoms with Crippen LogP contribution in [0.2, 0.25) is 0 Å². The zero-order valence-corrected chi connectivity index (χ0v) is 12.7. The van der Waals surface area contributed by atoms with Crippen molar-refractivity contribution in [1.82, 2.24) is 20.4 Å². The highest BCUT2D eigenvalue weighted by Crippen LogP contribution is 2.15. The van der Waals surface area contributed by atoms with E-state index >= 15 is 0 Å². The highest BCUT2D eigenvalue weighted by atomic mass is 16.1. The van der Waals surface area contributed by atoms with E-state index in [1.165, 1.54) is 25.9 Å². The molecule has 1 amide bonds. The van der Waals surface area contributed by atoms with E-state index in [0.29, 0.717) is 12.3 Å². The predicted molar refractivity (Wildman–Crippen MR) is 79.3 cm³/mol. The van der Waals surface area contributed by atoms with Crippen molar-refractivity contribution in [2.75, 3.05) is 60.4 Å². The third-order valence-corrected chi connectivity index (χ3v) is 3.76. The molecule has 1 saturated heterocycles. The monoisotopic (exact) mass is 270 g/mol. The van der Waals surface area contributed by atoms with E-state index in [-0.39, 0.29) is 5.91 Å². The number of nitrogens with one attached hydrogen (secondary N) is 2. The van der Waals surface area contributed by atoms with Crippen LogP contribution in [0.25, 0.3) is 0 Å². The average molecular weight is 270 g/mol. The number of carbonyl (C=O) groups is 1. The zero-order valence-electron chi connectivity index (χ0n) is 12.7. The number of hydrogen-bond donors (Lipinski definition) is 2. The summed E-state index contributed by atoms with van der Waals surface area (Å²) in [5.41, 5.74) is 0. The molecule has 0 spiro atoms. The van der Waals surface area contributed by atoms with Crippen LogP contribution in [0.1, 0.15) is 19.3 Å². The summed E-state index contributed by atoms with van der Waals surface area (Å²) in [5.74, 6) is 0.832. The standard InChI is InChI=1S/C14H30N4O/c1-15-7-4-14(19)16-12-13-5-8-18(9-6-13)11-10-17(2)3/h13,15H,4-12H2,1-3H3,(H,16,19). The smallest absolute Gasteiger partial charge is 0.221 e. The van der Waals surface area contributed by atoms with Crippen molar-refractivity contribution in [3.05, 3.63) is 0 Å². The van der Waals surface area contributed by atoms with E-state index in [9.17, 15) is 4.79 Å². The molecule has 5 nitrogen and oxygen atoms in total. The van der Waals surface area contributed by atoms with Crippen LogP contribution < -0.4 is 10.6 Å². The summed E-state index contributed by atoms with van der Waals surface area (Å²) in [7, 11) is 6.11. The molecular formula is C14H30N4O.